The molecule has 0 spiro atoms. The van der Waals surface area contributed by atoms with E-state index in [9.17, 15) is 4.79 Å². The van der Waals surface area contributed by atoms with Crippen LogP contribution in [0.1, 0.15) is 45.9 Å². The van der Waals surface area contributed by atoms with Crippen LogP contribution in [0, 0.1) is 0 Å². The van der Waals surface area contributed by atoms with E-state index in [1.165, 1.54) is 4.88 Å². The molecular formula is C15H26N2OS. The van der Waals surface area contributed by atoms with Gasteiger partial charge < -0.3 is 10.6 Å². The molecule has 0 aliphatic carbocycles. The summed E-state index contributed by atoms with van der Waals surface area (Å²) in [5, 5.41) is 8.43. The molecule has 1 heterocycles. The predicted octanol–water partition coefficient (Wildman–Crippen LogP) is 2.92. The summed E-state index contributed by atoms with van der Waals surface area (Å²) in [5.41, 5.74) is 0.0546. The fraction of sp³-hybridized carbons (Fsp3) is 0.667. The van der Waals surface area contributed by atoms with Gasteiger partial charge in [0.2, 0.25) is 5.91 Å². The first-order valence-electron chi connectivity index (χ1n) is 6.94. The van der Waals surface area contributed by atoms with Crippen molar-refractivity contribution < 1.29 is 4.79 Å². The molecule has 108 valence electrons. The Morgan fingerprint density at radius 3 is 2.63 bits per heavy atom. The van der Waals surface area contributed by atoms with Crippen LogP contribution in [-0.4, -0.2) is 24.5 Å². The van der Waals surface area contributed by atoms with Gasteiger partial charge in [-0.1, -0.05) is 26.8 Å². The second-order valence-corrected chi connectivity index (χ2v) is 6.73. The zero-order chi connectivity index (χ0) is 14.5. The number of hydrogen-bond acceptors (Lipinski definition) is 3. The monoisotopic (exact) mass is 282 g/mol. The van der Waals surface area contributed by atoms with Gasteiger partial charge in [0.15, 0.2) is 0 Å². The van der Waals surface area contributed by atoms with E-state index in [1.807, 2.05) is 13.8 Å². The molecule has 0 aliphatic rings. The molecular weight excluding hydrogens is 256 g/mol. The Hall–Kier alpha value is -0.870. The molecule has 0 saturated heterocycles. The number of amides is 1. The van der Waals surface area contributed by atoms with Crippen LogP contribution >= 0.6 is 11.3 Å². The zero-order valence-corrected chi connectivity index (χ0v) is 13.4. The minimum Gasteiger partial charge on any atom is -0.352 e. The standard InChI is InChI=1S/C15H26N2OS/c1-6-11(2)17-14(18)12(3)16-10-15(4,5)13-8-7-9-19-13/h7-9,11-12,16H,6,10H2,1-5H3,(H,17,18). The molecule has 0 bridgehead atoms. The lowest BCUT2D eigenvalue weighted by Crippen LogP contribution is -2.48. The van der Waals surface area contributed by atoms with E-state index in [-0.39, 0.29) is 23.4 Å². The van der Waals surface area contributed by atoms with Gasteiger partial charge in [-0.3, -0.25) is 4.79 Å². The Morgan fingerprint density at radius 1 is 1.42 bits per heavy atom. The third kappa shape index (κ3) is 4.96. The molecule has 0 aromatic carbocycles. The number of thiophene rings is 1. The molecule has 0 aliphatic heterocycles. The molecule has 1 amide bonds. The van der Waals surface area contributed by atoms with E-state index in [0.29, 0.717) is 0 Å². The first-order chi connectivity index (χ1) is 8.86. The molecule has 3 nitrogen and oxygen atoms in total. The van der Waals surface area contributed by atoms with Crippen molar-refractivity contribution in [2.45, 2.75) is 58.5 Å². The lowest BCUT2D eigenvalue weighted by Gasteiger charge is -2.26. The highest BCUT2D eigenvalue weighted by Gasteiger charge is 2.23. The van der Waals surface area contributed by atoms with Gasteiger partial charge in [-0.05, 0) is 31.7 Å². The van der Waals surface area contributed by atoms with Crippen molar-refractivity contribution in [2.75, 3.05) is 6.54 Å². The summed E-state index contributed by atoms with van der Waals surface area (Å²) in [6.45, 7) is 11.2. The maximum absolute atomic E-state index is 11.9. The van der Waals surface area contributed by atoms with E-state index in [1.54, 1.807) is 11.3 Å². The van der Waals surface area contributed by atoms with Crippen LogP contribution in [0.5, 0.6) is 0 Å². The van der Waals surface area contributed by atoms with Crippen LogP contribution in [0.4, 0.5) is 0 Å². The second-order valence-electron chi connectivity index (χ2n) is 5.78. The third-order valence-corrected chi connectivity index (χ3v) is 4.67. The van der Waals surface area contributed by atoms with Crippen LogP contribution in [0.2, 0.25) is 0 Å². The lowest BCUT2D eigenvalue weighted by molar-refractivity contribution is -0.123. The molecule has 0 fully saturated rings. The zero-order valence-electron chi connectivity index (χ0n) is 12.6. The minimum atomic E-state index is -0.159. The average Bonchev–Trinajstić information content (AvgIpc) is 2.90. The summed E-state index contributed by atoms with van der Waals surface area (Å²) in [4.78, 5) is 13.3. The molecule has 2 N–H and O–H groups in total. The Bertz CT molecular complexity index is 387. The first kappa shape index (κ1) is 16.2. The van der Waals surface area contributed by atoms with Crippen molar-refractivity contribution in [1.82, 2.24) is 10.6 Å². The molecule has 1 aromatic rings. The van der Waals surface area contributed by atoms with Gasteiger partial charge >= 0.3 is 0 Å². The maximum atomic E-state index is 11.9. The Labute approximate surface area is 120 Å². The topological polar surface area (TPSA) is 41.1 Å². The van der Waals surface area contributed by atoms with Crippen molar-refractivity contribution in [3.63, 3.8) is 0 Å². The van der Waals surface area contributed by atoms with Gasteiger partial charge in [-0.15, -0.1) is 11.3 Å². The van der Waals surface area contributed by atoms with E-state index in [4.69, 9.17) is 0 Å². The number of hydrogen-bond donors (Lipinski definition) is 2. The largest absolute Gasteiger partial charge is 0.352 e. The number of carbonyl (C=O) groups is 1. The molecule has 0 radical (unpaired) electrons. The third-order valence-electron chi connectivity index (χ3n) is 3.43. The lowest BCUT2D eigenvalue weighted by atomic mass is 9.91. The quantitative estimate of drug-likeness (QED) is 0.807. The highest BCUT2D eigenvalue weighted by Crippen LogP contribution is 2.26. The molecule has 19 heavy (non-hydrogen) atoms. The molecule has 4 heteroatoms. The summed E-state index contributed by atoms with van der Waals surface area (Å²) in [6, 6.07) is 4.30. The van der Waals surface area contributed by atoms with Crippen molar-refractivity contribution in [2.24, 2.45) is 0 Å². The summed E-state index contributed by atoms with van der Waals surface area (Å²) in [6.07, 6.45) is 0.957. The van der Waals surface area contributed by atoms with Gasteiger partial charge in [0.1, 0.15) is 0 Å². The van der Waals surface area contributed by atoms with E-state index >= 15 is 0 Å². The number of rotatable bonds is 7. The molecule has 2 unspecified atom stereocenters. The molecule has 1 aromatic heterocycles. The van der Waals surface area contributed by atoms with Crippen LogP contribution in [0.3, 0.4) is 0 Å². The summed E-state index contributed by atoms with van der Waals surface area (Å²) < 4.78 is 0. The van der Waals surface area contributed by atoms with Crippen molar-refractivity contribution in [1.29, 1.82) is 0 Å². The van der Waals surface area contributed by atoms with Gasteiger partial charge in [-0.2, -0.15) is 0 Å². The average molecular weight is 282 g/mol. The van der Waals surface area contributed by atoms with Crippen molar-refractivity contribution >= 4 is 17.2 Å². The highest BCUT2D eigenvalue weighted by atomic mass is 32.1. The summed E-state index contributed by atoms with van der Waals surface area (Å²) in [5.74, 6) is 0.0799. The van der Waals surface area contributed by atoms with E-state index in [0.717, 1.165) is 13.0 Å². The summed E-state index contributed by atoms with van der Waals surface area (Å²) >= 11 is 1.76. The number of nitrogens with one attached hydrogen (secondary N) is 2. The molecule has 2 atom stereocenters. The van der Waals surface area contributed by atoms with Crippen LogP contribution in [0.15, 0.2) is 17.5 Å². The maximum Gasteiger partial charge on any atom is 0.237 e. The van der Waals surface area contributed by atoms with Gasteiger partial charge in [0.05, 0.1) is 6.04 Å². The van der Waals surface area contributed by atoms with Crippen molar-refractivity contribution in [3.8, 4) is 0 Å². The van der Waals surface area contributed by atoms with Crippen molar-refractivity contribution in [3.05, 3.63) is 22.4 Å². The van der Waals surface area contributed by atoms with Crippen LogP contribution in [-0.2, 0) is 10.2 Å². The normalized spacial score (nSPS) is 15.0. The number of carbonyl (C=O) groups excluding carboxylic acids is 1. The Morgan fingerprint density at radius 2 is 2.11 bits per heavy atom. The first-order valence-corrected chi connectivity index (χ1v) is 7.82. The van der Waals surface area contributed by atoms with E-state index in [2.05, 4.69) is 48.9 Å². The Balaban J connectivity index is 2.45. The molecule has 0 saturated carbocycles. The van der Waals surface area contributed by atoms with E-state index < -0.39 is 0 Å². The fourth-order valence-corrected chi connectivity index (χ4v) is 2.57. The SMILES string of the molecule is CCC(C)NC(=O)C(C)NCC(C)(C)c1cccs1. The van der Waals surface area contributed by atoms with Crippen LogP contribution in [0.25, 0.3) is 0 Å². The Kier molecular flexibility index (Phi) is 6.01. The summed E-state index contributed by atoms with van der Waals surface area (Å²) in [7, 11) is 0. The highest BCUT2D eigenvalue weighted by molar-refractivity contribution is 7.10. The second kappa shape index (κ2) is 7.06. The molecule has 1 rings (SSSR count). The van der Waals surface area contributed by atoms with Gasteiger partial charge in [0, 0.05) is 22.9 Å². The predicted molar refractivity (Wildman–Crippen MR) is 82.7 cm³/mol. The fourth-order valence-electron chi connectivity index (χ4n) is 1.72. The van der Waals surface area contributed by atoms with Gasteiger partial charge in [-0.25, -0.2) is 0 Å². The smallest absolute Gasteiger partial charge is 0.237 e. The van der Waals surface area contributed by atoms with Crippen LogP contribution < -0.4 is 10.6 Å². The van der Waals surface area contributed by atoms with Gasteiger partial charge in [0.25, 0.3) is 0 Å². The minimum absolute atomic E-state index is 0.0546.